The molecule has 1 aliphatic rings. The average molecular weight is 394 g/mol. The van der Waals surface area contributed by atoms with Gasteiger partial charge in [0.15, 0.2) is 5.76 Å². The number of hydrogen-bond donors (Lipinski definition) is 1. The van der Waals surface area contributed by atoms with E-state index in [-0.39, 0.29) is 24.8 Å². The number of nitrogens with zero attached hydrogens (tertiary/aromatic N) is 1. The Morgan fingerprint density at radius 2 is 2.17 bits per heavy atom. The van der Waals surface area contributed by atoms with Gasteiger partial charge in [0.1, 0.15) is 18.1 Å². The molecule has 1 amide bonds. The van der Waals surface area contributed by atoms with Gasteiger partial charge in [-0.3, -0.25) is 9.59 Å². The maximum Gasteiger partial charge on any atom is 0.308 e. The summed E-state index contributed by atoms with van der Waals surface area (Å²) < 4.78 is 12.1. The zero-order valence-electron chi connectivity index (χ0n) is 12.8. The van der Waals surface area contributed by atoms with Gasteiger partial charge >= 0.3 is 5.97 Å². The van der Waals surface area contributed by atoms with E-state index in [1.54, 1.807) is 12.1 Å². The van der Waals surface area contributed by atoms with Gasteiger partial charge in [0.25, 0.3) is 5.91 Å². The van der Waals surface area contributed by atoms with Gasteiger partial charge in [0.2, 0.25) is 0 Å². The Morgan fingerprint density at radius 3 is 2.88 bits per heavy atom. The number of rotatable bonds is 5. The first-order chi connectivity index (χ1) is 11.5. The van der Waals surface area contributed by atoms with Crippen molar-refractivity contribution in [1.82, 2.24) is 4.90 Å². The quantitative estimate of drug-likeness (QED) is 0.843. The van der Waals surface area contributed by atoms with Gasteiger partial charge < -0.3 is 19.2 Å². The van der Waals surface area contributed by atoms with E-state index in [1.165, 1.54) is 4.90 Å². The number of benzene rings is 1. The molecule has 1 saturated heterocycles. The molecule has 1 atom stereocenters. The molecule has 126 valence electrons. The van der Waals surface area contributed by atoms with Crippen molar-refractivity contribution < 1.29 is 23.8 Å². The third-order valence-electron chi connectivity index (χ3n) is 3.87. The van der Waals surface area contributed by atoms with Crippen LogP contribution >= 0.6 is 15.9 Å². The summed E-state index contributed by atoms with van der Waals surface area (Å²) in [6.45, 7) is 0.862. The summed E-state index contributed by atoms with van der Waals surface area (Å²) in [5.41, 5.74) is 0. The van der Waals surface area contributed by atoms with Crippen LogP contribution in [0.4, 0.5) is 0 Å². The van der Waals surface area contributed by atoms with E-state index in [1.807, 2.05) is 24.3 Å². The van der Waals surface area contributed by atoms with E-state index in [4.69, 9.17) is 14.3 Å². The van der Waals surface area contributed by atoms with E-state index in [0.717, 1.165) is 4.47 Å². The molecule has 1 N–H and O–H groups in total. The molecule has 0 radical (unpaired) electrons. The zero-order valence-corrected chi connectivity index (χ0v) is 14.4. The van der Waals surface area contributed by atoms with Crippen LogP contribution in [0.25, 0.3) is 0 Å². The maximum absolute atomic E-state index is 12.3. The van der Waals surface area contributed by atoms with E-state index in [9.17, 15) is 9.59 Å². The molecule has 7 heteroatoms. The number of carboxylic acids is 1. The van der Waals surface area contributed by atoms with Crippen molar-refractivity contribution in [1.29, 1.82) is 0 Å². The Balaban J connectivity index is 1.59. The fraction of sp³-hybridized carbons (Fsp3) is 0.294. The molecule has 2 aromatic rings. The Kier molecular flexibility index (Phi) is 4.89. The lowest BCUT2D eigenvalue weighted by Gasteiger charge is -2.13. The smallest absolute Gasteiger partial charge is 0.308 e. The van der Waals surface area contributed by atoms with Crippen LogP contribution in [0.15, 0.2) is 45.3 Å². The van der Waals surface area contributed by atoms with E-state index >= 15 is 0 Å². The molecular formula is C17H16BrNO5. The van der Waals surface area contributed by atoms with Crippen molar-refractivity contribution in [3.63, 3.8) is 0 Å². The highest BCUT2D eigenvalue weighted by molar-refractivity contribution is 9.10. The maximum atomic E-state index is 12.3. The predicted molar refractivity (Wildman–Crippen MR) is 88.8 cm³/mol. The summed E-state index contributed by atoms with van der Waals surface area (Å²) in [7, 11) is 0. The molecule has 2 heterocycles. The van der Waals surface area contributed by atoms with Gasteiger partial charge in [-0.15, -0.1) is 0 Å². The number of amides is 1. The number of carboxylic acid groups (broad SMARTS) is 1. The van der Waals surface area contributed by atoms with E-state index in [0.29, 0.717) is 24.5 Å². The highest BCUT2D eigenvalue weighted by atomic mass is 79.9. The van der Waals surface area contributed by atoms with E-state index in [2.05, 4.69) is 15.9 Å². The fourth-order valence-electron chi connectivity index (χ4n) is 2.58. The minimum Gasteiger partial charge on any atom is -0.486 e. The summed E-state index contributed by atoms with van der Waals surface area (Å²) in [6.07, 6.45) is 0.473. The SMILES string of the molecule is O=C(O)[C@H]1CCN(C(=O)c2ccc(COc3cccc(Br)c3)o2)C1. The molecule has 0 spiro atoms. The van der Waals surface area contributed by atoms with Gasteiger partial charge in [0.05, 0.1) is 5.92 Å². The molecule has 1 aromatic carbocycles. The Morgan fingerprint density at radius 1 is 1.33 bits per heavy atom. The number of furan rings is 1. The van der Waals surface area contributed by atoms with Gasteiger partial charge in [-0.25, -0.2) is 0 Å². The molecule has 24 heavy (non-hydrogen) atoms. The third kappa shape index (κ3) is 3.79. The molecule has 1 aromatic heterocycles. The van der Waals surface area contributed by atoms with Crippen LogP contribution in [-0.2, 0) is 11.4 Å². The van der Waals surface area contributed by atoms with Crippen LogP contribution in [0.5, 0.6) is 5.75 Å². The number of likely N-dealkylation sites (tertiary alicyclic amines) is 1. The second-order valence-corrected chi connectivity index (χ2v) is 6.50. The first-order valence-electron chi connectivity index (χ1n) is 7.52. The van der Waals surface area contributed by atoms with Crippen molar-refractivity contribution >= 4 is 27.8 Å². The lowest BCUT2D eigenvalue weighted by molar-refractivity contribution is -0.141. The molecular weight excluding hydrogens is 378 g/mol. The molecule has 6 nitrogen and oxygen atoms in total. The third-order valence-corrected chi connectivity index (χ3v) is 4.37. The zero-order chi connectivity index (χ0) is 17.1. The number of ether oxygens (including phenoxy) is 1. The number of carbonyl (C=O) groups excluding carboxylic acids is 1. The number of halogens is 1. The first-order valence-corrected chi connectivity index (χ1v) is 8.31. The normalized spacial score (nSPS) is 17.0. The Labute approximate surface area is 147 Å². The predicted octanol–water partition coefficient (Wildman–Crippen LogP) is 3.17. The van der Waals surface area contributed by atoms with Gasteiger partial charge in [0, 0.05) is 17.6 Å². The highest BCUT2D eigenvalue weighted by Crippen LogP contribution is 2.22. The van der Waals surface area contributed by atoms with Crippen molar-refractivity contribution in [2.45, 2.75) is 13.0 Å². The van der Waals surface area contributed by atoms with E-state index < -0.39 is 11.9 Å². The molecule has 0 saturated carbocycles. The second-order valence-electron chi connectivity index (χ2n) is 5.59. The van der Waals surface area contributed by atoms with Crippen molar-refractivity contribution in [3.05, 3.63) is 52.4 Å². The van der Waals surface area contributed by atoms with Crippen molar-refractivity contribution in [2.24, 2.45) is 5.92 Å². The minimum atomic E-state index is -0.868. The summed E-state index contributed by atoms with van der Waals surface area (Å²) in [6, 6.07) is 10.7. The van der Waals surface area contributed by atoms with Gasteiger partial charge in [-0.1, -0.05) is 22.0 Å². The van der Waals surface area contributed by atoms with Crippen LogP contribution in [-0.4, -0.2) is 35.0 Å². The van der Waals surface area contributed by atoms with Crippen LogP contribution in [0.2, 0.25) is 0 Å². The van der Waals surface area contributed by atoms with Gasteiger partial charge in [-0.2, -0.15) is 0 Å². The summed E-state index contributed by atoms with van der Waals surface area (Å²) in [4.78, 5) is 24.8. The largest absolute Gasteiger partial charge is 0.486 e. The Hall–Kier alpha value is -2.28. The highest BCUT2D eigenvalue weighted by Gasteiger charge is 2.32. The standard InChI is InChI=1S/C17H16BrNO5/c18-12-2-1-3-13(8-12)23-10-14-4-5-15(24-14)16(20)19-7-6-11(9-19)17(21)22/h1-5,8,11H,6-7,9-10H2,(H,21,22)/t11-/m0/s1. The monoisotopic (exact) mass is 393 g/mol. The Bertz CT molecular complexity index is 757. The fourth-order valence-corrected chi connectivity index (χ4v) is 2.96. The van der Waals surface area contributed by atoms with Crippen molar-refractivity contribution in [3.8, 4) is 5.75 Å². The van der Waals surface area contributed by atoms with Crippen LogP contribution in [0.1, 0.15) is 22.7 Å². The molecule has 0 aliphatic carbocycles. The minimum absolute atomic E-state index is 0.203. The summed E-state index contributed by atoms with van der Waals surface area (Å²) in [5.74, 6) is -0.220. The molecule has 1 fully saturated rings. The van der Waals surface area contributed by atoms with Crippen LogP contribution < -0.4 is 4.74 Å². The van der Waals surface area contributed by atoms with Crippen LogP contribution in [0, 0.1) is 5.92 Å². The number of aliphatic carboxylic acids is 1. The van der Waals surface area contributed by atoms with Crippen LogP contribution in [0.3, 0.4) is 0 Å². The lowest BCUT2D eigenvalue weighted by atomic mass is 10.1. The second kappa shape index (κ2) is 7.09. The molecule has 1 aliphatic heterocycles. The molecule has 0 unspecified atom stereocenters. The number of carbonyl (C=O) groups is 2. The van der Waals surface area contributed by atoms with Gasteiger partial charge in [-0.05, 0) is 36.8 Å². The summed E-state index contributed by atoms with van der Waals surface area (Å²) in [5, 5.41) is 9.00. The summed E-state index contributed by atoms with van der Waals surface area (Å²) >= 11 is 3.37. The molecule has 0 bridgehead atoms. The topological polar surface area (TPSA) is 80.0 Å². The first kappa shape index (κ1) is 16.6. The molecule has 3 rings (SSSR count). The lowest BCUT2D eigenvalue weighted by Crippen LogP contribution is -2.29. The number of hydrogen-bond acceptors (Lipinski definition) is 4. The average Bonchev–Trinajstić information content (AvgIpc) is 3.22. The van der Waals surface area contributed by atoms with Crippen molar-refractivity contribution in [2.75, 3.05) is 13.1 Å².